The summed E-state index contributed by atoms with van der Waals surface area (Å²) in [7, 11) is 0. The second-order valence-corrected chi connectivity index (χ2v) is 2.39. The first-order valence-electron chi connectivity index (χ1n) is 3.54. The SMILES string of the molecule is C#CCC(C(=O)O)n1cccc1. The van der Waals surface area contributed by atoms with Crippen LogP contribution in [-0.4, -0.2) is 15.6 Å². The fourth-order valence-corrected chi connectivity index (χ4v) is 0.987. The zero-order chi connectivity index (χ0) is 8.97. The Morgan fingerprint density at radius 3 is 2.58 bits per heavy atom. The summed E-state index contributed by atoms with van der Waals surface area (Å²) in [4.78, 5) is 10.7. The van der Waals surface area contributed by atoms with Crippen LogP contribution in [0.4, 0.5) is 0 Å². The van der Waals surface area contributed by atoms with Gasteiger partial charge in [0.2, 0.25) is 0 Å². The van der Waals surface area contributed by atoms with Gasteiger partial charge in [0, 0.05) is 18.8 Å². The molecule has 0 amide bonds. The number of carboxylic acid groups (broad SMARTS) is 1. The van der Waals surface area contributed by atoms with Gasteiger partial charge in [-0.25, -0.2) is 4.79 Å². The van der Waals surface area contributed by atoms with Crippen molar-refractivity contribution < 1.29 is 9.90 Å². The van der Waals surface area contributed by atoms with E-state index in [9.17, 15) is 4.79 Å². The number of carboxylic acids is 1. The molecule has 0 spiro atoms. The van der Waals surface area contributed by atoms with Gasteiger partial charge in [0.25, 0.3) is 0 Å². The number of aromatic nitrogens is 1. The van der Waals surface area contributed by atoms with Gasteiger partial charge < -0.3 is 9.67 Å². The molecule has 12 heavy (non-hydrogen) atoms. The monoisotopic (exact) mass is 163 g/mol. The molecule has 3 nitrogen and oxygen atoms in total. The average molecular weight is 163 g/mol. The van der Waals surface area contributed by atoms with Gasteiger partial charge in [-0.15, -0.1) is 12.3 Å². The normalized spacial score (nSPS) is 11.9. The van der Waals surface area contributed by atoms with Crippen molar-refractivity contribution in [2.45, 2.75) is 12.5 Å². The van der Waals surface area contributed by atoms with E-state index in [1.807, 2.05) is 0 Å². The molecule has 0 bridgehead atoms. The number of nitrogens with zero attached hydrogens (tertiary/aromatic N) is 1. The van der Waals surface area contributed by atoms with Crippen molar-refractivity contribution in [1.82, 2.24) is 4.57 Å². The van der Waals surface area contributed by atoms with E-state index in [1.165, 1.54) is 0 Å². The summed E-state index contributed by atoms with van der Waals surface area (Å²) >= 11 is 0. The maximum absolute atomic E-state index is 10.7. The molecule has 0 saturated carbocycles. The van der Waals surface area contributed by atoms with E-state index in [0.29, 0.717) is 0 Å². The van der Waals surface area contributed by atoms with Crippen molar-refractivity contribution in [3.63, 3.8) is 0 Å². The Hall–Kier alpha value is -1.69. The first kappa shape index (κ1) is 8.41. The number of hydrogen-bond acceptors (Lipinski definition) is 1. The van der Waals surface area contributed by atoms with Crippen molar-refractivity contribution in [3.05, 3.63) is 24.5 Å². The fourth-order valence-electron chi connectivity index (χ4n) is 0.987. The van der Waals surface area contributed by atoms with Crippen molar-refractivity contribution in [3.8, 4) is 12.3 Å². The van der Waals surface area contributed by atoms with Crippen LogP contribution >= 0.6 is 0 Å². The van der Waals surface area contributed by atoms with Crippen LogP contribution in [-0.2, 0) is 4.79 Å². The van der Waals surface area contributed by atoms with Gasteiger partial charge in [-0.1, -0.05) is 0 Å². The third-order valence-corrected chi connectivity index (χ3v) is 1.58. The molecule has 1 N–H and O–H groups in total. The van der Waals surface area contributed by atoms with Crippen LogP contribution in [0.2, 0.25) is 0 Å². The van der Waals surface area contributed by atoms with Gasteiger partial charge in [0.1, 0.15) is 6.04 Å². The van der Waals surface area contributed by atoms with E-state index >= 15 is 0 Å². The number of hydrogen-bond donors (Lipinski definition) is 1. The Morgan fingerprint density at radius 1 is 1.58 bits per heavy atom. The van der Waals surface area contributed by atoms with Gasteiger partial charge in [-0.2, -0.15) is 0 Å². The Balaban J connectivity index is 2.82. The lowest BCUT2D eigenvalue weighted by atomic mass is 10.2. The van der Waals surface area contributed by atoms with Gasteiger partial charge in [-0.3, -0.25) is 0 Å². The topological polar surface area (TPSA) is 42.2 Å². The van der Waals surface area contributed by atoms with E-state index in [1.54, 1.807) is 29.1 Å². The van der Waals surface area contributed by atoms with Crippen molar-refractivity contribution in [1.29, 1.82) is 0 Å². The second kappa shape index (κ2) is 3.63. The van der Waals surface area contributed by atoms with Gasteiger partial charge in [0.15, 0.2) is 0 Å². The molecule has 0 aliphatic rings. The summed E-state index contributed by atoms with van der Waals surface area (Å²) in [6.07, 6.45) is 8.64. The van der Waals surface area contributed by atoms with Gasteiger partial charge in [-0.05, 0) is 12.1 Å². The Labute approximate surface area is 70.6 Å². The van der Waals surface area contributed by atoms with Crippen LogP contribution in [0.25, 0.3) is 0 Å². The first-order chi connectivity index (χ1) is 5.75. The molecule has 3 heteroatoms. The number of rotatable bonds is 3. The molecular formula is C9H9NO2. The highest BCUT2D eigenvalue weighted by Crippen LogP contribution is 2.10. The summed E-state index contributed by atoms with van der Waals surface area (Å²) in [5.74, 6) is 1.44. The van der Waals surface area contributed by atoms with Crippen molar-refractivity contribution in [2.24, 2.45) is 0 Å². The number of carbonyl (C=O) groups is 1. The minimum Gasteiger partial charge on any atom is -0.480 e. The molecule has 0 aliphatic carbocycles. The van der Waals surface area contributed by atoms with E-state index in [-0.39, 0.29) is 6.42 Å². The summed E-state index contributed by atoms with van der Waals surface area (Å²) in [6.45, 7) is 0. The highest BCUT2D eigenvalue weighted by molar-refractivity contribution is 5.72. The van der Waals surface area contributed by atoms with Crippen LogP contribution < -0.4 is 0 Å². The standard InChI is InChI=1S/C9H9NO2/c1-2-5-8(9(11)12)10-6-3-4-7-10/h1,3-4,6-8H,5H2,(H,11,12). The predicted octanol–water partition coefficient (Wildman–Crippen LogP) is 1.14. The molecule has 1 aromatic heterocycles. The quantitative estimate of drug-likeness (QED) is 0.679. The maximum atomic E-state index is 10.7. The van der Waals surface area contributed by atoms with Crippen LogP contribution in [0.3, 0.4) is 0 Å². The van der Waals surface area contributed by atoms with Crippen molar-refractivity contribution in [2.75, 3.05) is 0 Å². The molecule has 1 rings (SSSR count). The molecule has 0 saturated heterocycles. The minimum absolute atomic E-state index is 0.212. The number of terminal acetylenes is 1. The highest BCUT2D eigenvalue weighted by atomic mass is 16.4. The molecule has 1 aromatic rings. The lowest BCUT2D eigenvalue weighted by Gasteiger charge is -2.10. The Bertz CT molecular complexity index is 295. The van der Waals surface area contributed by atoms with Gasteiger partial charge >= 0.3 is 5.97 Å². The third-order valence-electron chi connectivity index (χ3n) is 1.58. The fraction of sp³-hybridized carbons (Fsp3) is 0.222. The Kier molecular flexibility index (Phi) is 2.54. The summed E-state index contributed by atoms with van der Waals surface area (Å²) < 4.78 is 1.59. The molecule has 1 atom stereocenters. The molecule has 0 radical (unpaired) electrons. The molecular weight excluding hydrogens is 154 g/mol. The van der Waals surface area contributed by atoms with E-state index in [0.717, 1.165) is 0 Å². The lowest BCUT2D eigenvalue weighted by molar-refractivity contribution is -0.140. The second-order valence-electron chi connectivity index (χ2n) is 2.39. The van der Waals surface area contributed by atoms with Crippen LogP contribution in [0.15, 0.2) is 24.5 Å². The molecule has 62 valence electrons. The van der Waals surface area contributed by atoms with E-state index in [2.05, 4.69) is 5.92 Å². The predicted molar refractivity (Wildman–Crippen MR) is 44.6 cm³/mol. The van der Waals surface area contributed by atoms with Crippen LogP contribution in [0.1, 0.15) is 12.5 Å². The summed E-state index contributed by atoms with van der Waals surface area (Å²) in [5.41, 5.74) is 0. The van der Waals surface area contributed by atoms with E-state index < -0.39 is 12.0 Å². The molecule has 0 aromatic carbocycles. The van der Waals surface area contributed by atoms with Crippen LogP contribution in [0, 0.1) is 12.3 Å². The molecule has 1 heterocycles. The third kappa shape index (κ3) is 1.67. The number of aliphatic carboxylic acids is 1. The minimum atomic E-state index is -0.899. The molecule has 1 unspecified atom stereocenters. The molecule has 0 aliphatic heterocycles. The highest BCUT2D eigenvalue weighted by Gasteiger charge is 2.16. The average Bonchev–Trinajstić information content (AvgIpc) is 2.51. The summed E-state index contributed by atoms with van der Waals surface area (Å²) in [6, 6.07) is 2.91. The van der Waals surface area contributed by atoms with E-state index in [4.69, 9.17) is 11.5 Å². The summed E-state index contributed by atoms with van der Waals surface area (Å²) in [5, 5.41) is 8.76. The zero-order valence-electron chi connectivity index (χ0n) is 6.47. The maximum Gasteiger partial charge on any atom is 0.327 e. The zero-order valence-corrected chi connectivity index (χ0v) is 6.47. The van der Waals surface area contributed by atoms with Gasteiger partial charge in [0.05, 0.1) is 0 Å². The van der Waals surface area contributed by atoms with Crippen LogP contribution in [0.5, 0.6) is 0 Å². The largest absolute Gasteiger partial charge is 0.480 e. The Morgan fingerprint density at radius 2 is 2.17 bits per heavy atom. The smallest absolute Gasteiger partial charge is 0.327 e. The first-order valence-corrected chi connectivity index (χ1v) is 3.54. The van der Waals surface area contributed by atoms with Crippen molar-refractivity contribution >= 4 is 5.97 Å². The lowest BCUT2D eigenvalue weighted by Crippen LogP contribution is -2.16. The molecule has 0 fully saturated rings.